The van der Waals surface area contributed by atoms with Crippen molar-refractivity contribution in [3.8, 4) is 5.75 Å². The van der Waals surface area contributed by atoms with Crippen LogP contribution in [0.1, 0.15) is 12.0 Å². The third kappa shape index (κ3) is 3.83. The van der Waals surface area contributed by atoms with E-state index in [1.807, 2.05) is 12.1 Å². The second-order valence-corrected chi connectivity index (χ2v) is 5.90. The first-order valence-corrected chi connectivity index (χ1v) is 7.33. The normalized spacial score (nSPS) is 16.6. The van der Waals surface area contributed by atoms with Crippen molar-refractivity contribution < 1.29 is 19.4 Å². The summed E-state index contributed by atoms with van der Waals surface area (Å²) in [6.07, 6.45) is 1.49. The number of nitrogens with zero attached hydrogens (tertiary/aromatic N) is 1. The minimum absolute atomic E-state index is 0.0347. The van der Waals surface area contributed by atoms with Crippen molar-refractivity contribution in [3.05, 3.63) is 34.7 Å². The first-order valence-electron chi connectivity index (χ1n) is 6.10. The number of amides is 1. The maximum atomic E-state index is 12.2. The van der Waals surface area contributed by atoms with Crippen LogP contribution in [0.25, 0.3) is 6.08 Å². The number of carboxylic acids is 1. The maximum absolute atomic E-state index is 12.2. The number of carbonyl (C=O) groups excluding carboxylic acids is 2. The van der Waals surface area contributed by atoms with Gasteiger partial charge in [0.05, 0.1) is 12.0 Å². The molecule has 0 atom stereocenters. The van der Waals surface area contributed by atoms with Gasteiger partial charge in [-0.2, -0.15) is 0 Å². The Kier molecular flexibility index (Phi) is 4.98. The SMILES string of the molecule is COc1ccc(C=C2SC(=S)N(CCC(=O)[O-])C2=O)cc1. The number of carbonyl (C=O) groups is 2. The van der Waals surface area contributed by atoms with Gasteiger partial charge in [0.15, 0.2) is 0 Å². The molecule has 1 aliphatic rings. The summed E-state index contributed by atoms with van der Waals surface area (Å²) in [7, 11) is 1.58. The summed E-state index contributed by atoms with van der Waals surface area (Å²) in [4.78, 5) is 24.4. The lowest BCUT2D eigenvalue weighted by Gasteiger charge is -2.14. The highest BCUT2D eigenvalue weighted by Gasteiger charge is 2.31. The number of hydrogen-bond donors (Lipinski definition) is 0. The molecule has 0 bridgehead atoms. The van der Waals surface area contributed by atoms with Gasteiger partial charge in [0.1, 0.15) is 10.1 Å². The van der Waals surface area contributed by atoms with Crippen LogP contribution in [0.15, 0.2) is 29.2 Å². The molecule has 5 nitrogen and oxygen atoms in total. The van der Waals surface area contributed by atoms with Crippen LogP contribution in [0.5, 0.6) is 5.75 Å². The van der Waals surface area contributed by atoms with Gasteiger partial charge in [0, 0.05) is 18.9 Å². The summed E-state index contributed by atoms with van der Waals surface area (Å²) < 4.78 is 5.43. The molecule has 110 valence electrons. The van der Waals surface area contributed by atoms with E-state index in [0.717, 1.165) is 23.1 Å². The number of rotatable bonds is 5. The van der Waals surface area contributed by atoms with Gasteiger partial charge in [-0.25, -0.2) is 0 Å². The topological polar surface area (TPSA) is 69.7 Å². The van der Waals surface area contributed by atoms with Crippen molar-refractivity contribution in [2.75, 3.05) is 13.7 Å². The third-order valence-corrected chi connectivity index (χ3v) is 4.20. The smallest absolute Gasteiger partial charge is 0.266 e. The summed E-state index contributed by atoms with van der Waals surface area (Å²) in [6, 6.07) is 7.24. The first-order chi connectivity index (χ1) is 10.0. The van der Waals surface area contributed by atoms with E-state index >= 15 is 0 Å². The van der Waals surface area contributed by atoms with Gasteiger partial charge in [-0.05, 0) is 23.8 Å². The number of benzene rings is 1. The zero-order chi connectivity index (χ0) is 15.4. The number of hydrogen-bond acceptors (Lipinski definition) is 6. The van der Waals surface area contributed by atoms with Gasteiger partial charge in [-0.3, -0.25) is 9.69 Å². The largest absolute Gasteiger partial charge is 0.550 e. The Morgan fingerprint density at radius 1 is 1.43 bits per heavy atom. The highest BCUT2D eigenvalue weighted by Crippen LogP contribution is 2.32. The van der Waals surface area contributed by atoms with Crippen LogP contribution < -0.4 is 9.84 Å². The molecule has 1 aliphatic heterocycles. The molecular weight excluding hydrogens is 310 g/mol. The molecule has 0 radical (unpaired) electrons. The Balaban J connectivity index is 2.13. The number of ether oxygens (including phenoxy) is 1. The summed E-state index contributed by atoms with van der Waals surface area (Å²) in [5.41, 5.74) is 0.844. The van der Waals surface area contributed by atoms with E-state index in [2.05, 4.69) is 0 Å². The maximum Gasteiger partial charge on any atom is 0.266 e. The van der Waals surface area contributed by atoms with E-state index < -0.39 is 5.97 Å². The first kappa shape index (κ1) is 15.5. The van der Waals surface area contributed by atoms with Gasteiger partial charge in [0.2, 0.25) is 0 Å². The second-order valence-electron chi connectivity index (χ2n) is 4.23. The van der Waals surface area contributed by atoms with Gasteiger partial charge < -0.3 is 14.6 Å². The monoisotopic (exact) mass is 322 g/mol. The van der Waals surface area contributed by atoms with E-state index in [4.69, 9.17) is 17.0 Å². The van der Waals surface area contributed by atoms with Crippen LogP contribution in [-0.4, -0.2) is 34.8 Å². The Bertz CT molecular complexity index is 610. The summed E-state index contributed by atoms with van der Waals surface area (Å²) in [5, 5.41) is 10.5. The molecule has 0 aliphatic carbocycles. The molecule has 1 saturated heterocycles. The predicted molar refractivity (Wildman–Crippen MR) is 82.5 cm³/mol. The van der Waals surface area contributed by atoms with E-state index in [1.165, 1.54) is 4.90 Å². The third-order valence-electron chi connectivity index (χ3n) is 2.83. The van der Waals surface area contributed by atoms with Crippen molar-refractivity contribution in [1.82, 2.24) is 4.90 Å². The highest BCUT2D eigenvalue weighted by atomic mass is 32.2. The molecule has 0 saturated carbocycles. The average molecular weight is 322 g/mol. The standard InChI is InChI=1S/C14H13NO4S2/c1-19-10-4-2-9(3-5-10)8-11-13(18)15(14(20)21-11)7-6-12(16)17/h2-5,8H,6-7H2,1H3,(H,16,17)/p-1. The minimum Gasteiger partial charge on any atom is -0.550 e. The molecule has 21 heavy (non-hydrogen) atoms. The Labute approximate surface area is 131 Å². The zero-order valence-electron chi connectivity index (χ0n) is 11.2. The average Bonchev–Trinajstić information content (AvgIpc) is 2.72. The molecule has 1 aromatic rings. The predicted octanol–water partition coefficient (Wildman–Crippen LogP) is 1.04. The Hall–Kier alpha value is -1.86. The Morgan fingerprint density at radius 3 is 2.67 bits per heavy atom. The second kappa shape index (κ2) is 6.73. The molecule has 0 unspecified atom stereocenters. The number of methoxy groups -OCH3 is 1. The molecule has 1 aromatic carbocycles. The van der Waals surface area contributed by atoms with Crippen LogP contribution in [0.3, 0.4) is 0 Å². The highest BCUT2D eigenvalue weighted by molar-refractivity contribution is 8.26. The van der Waals surface area contributed by atoms with E-state index in [1.54, 1.807) is 25.3 Å². The molecule has 1 amide bonds. The fourth-order valence-electron chi connectivity index (χ4n) is 1.75. The van der Waals surface area contributed by atoms with Crippen molar-refractivity contribution >= 4 is 46.3 Å². The van der Waals surface area contributed by atoms with E-state index in [-0.39, 0.29) is 18.9 Å². The molecular formula is C14H12NO4S2-. The fourth-order valence-corrected chi connectivity index (χ4v) is 3.06. The van der Waals surface area contributed by atoms with Gasteiger partial charge >= 0.3 is 0 Å². The lowest BCUT2D eigenvalue weighted by molar-refractivity contribution is -0.305. The number of thioether (sulfide) groups is 1. The van der Waals surface area contributed by atoms with Crippen LogP contribution in [0.2, 0.25) is 0 Å². The molecule has 2 rings (SSSR count). The van der Waals surface area contributed by atoms with Crippen molar-refractivity contribution in [3.63, 3.8) is 0 Å². The fraction of sp³-hybridized carbons (Fsp3) is 0.214. The van der Waals surface area contributed by atoms with Crippen LogP contribution in [0, 0.1) is 0 Å². The molecule has 1 fully saturated rings. The van der Waals surface area contributed by atoms with Crippen LogP contribution in [0.4, 0.5) is 0 Å². The molecule has 1 heterocycles. The van der Waals surface area contributed by atoms with Crippen molar-refractivity contribution in [2.24, 2.45) is 0 Å². The van der Waals surface area contributed by atoms with Crippen molar-refractivity contribution in [2.45, 2.75) is 6.42 Å². The lowest BCUT2D eigenvalue weighted by Crippen LogP contribution is -2.33. The quantitative estimate of drug-likeness (QED) is 0.596. The van der Waals surface area contributed by atoms with Gasteiger partial charge in [0.25, 0.3) is 5.91 Å². The number of carboxylic acid groups (broad SMARTS) is 1. The van der Waals surface area contributed by atoms with Gasteiger partial charge in [-0.1, -0.05) is 36.1 Å². The molecule has 0 N–H and O–H groups in total. The van der Waals surface area contributed by atoms with E-state index in [0.29, 0.717) is 9.23 Å². The van der Waals surface area contributed by atoms with E-state index in [9.17, 15) is 14.7 Å². The lowest BCUT2D eigenvalue weighted by atomic mass is 10.2. The Morgan fingerprint density at radius 2 is 2.10 bits per heavy atom. The molecule has 7 heteroatoms. The van der Waals surface area contributed by atoms with Crippen LogP contribution >= 0.6 is 24.0 Å². The molecule has 0 aromatic heterocycles. The minimum atomic E-state index is -1.21. The van der Waals surface area contributed by atoms with Gasteiger partial charge in [-0.15, -0.1) is 0 Å². The zero-order valence-corrected chi connectivity index (χ0v) is 12.8. The van der Waals surface area contributed by atoms with Crippen molar-refractivity contribution in [1.29, 1.82) is 0 Å². The summed E-state index contributed by atoms with van der Waals surface area (Å²) >= 11 is 6.26. The molecule has 0 spiro atoms. The number of aliphatic carboxylic acids is 1. The summed E-state index contributed by atoms with van der Waals surface area (Å²) in [5.74, 6) is -0.751. The van der Waals surface area contributed by atoms with Crippen LogP contribution in [-0.2, 0) is 9.59 Å². The summed E-state index contributed by atoms with van der Waals surface area (Å²) in [6.45, 7) is 0.0347. The number of thiocarbonyl (C=S) groups is 1.